The highest BCUT2D eigenvalue weighted by Gasteiger charge is 2.12. The van der Waals surface area contributed by atoms with Crippen molar-refractivity contribution in [1.82, 2.24) is 0 Å². The number of nitrogens with one attached hydrogen (secondary N) is 1. The van der Waals surface area contributed by atoms with E-state index in [-0.39, 0.29) is 0 Å². The van der Waals surface area contributed by atoms with E-state index in [0.717, 1.165) is 22.7 Å². The molecule has 1 heterocycles. The molecule has 18 heavy (non-hydrogen) atoms. The first-order valence-corrected chi connectivity index (χ1v) is 6.04. The molecular weight excluding hydrogens is 226 g/mol. The fourth-order valence-corrected chi connectivity index (χ4v) is 2.05. The van der Waals surface area contributed by atoms with Gasteiger partial charge in [0.15, 0.2) is 11.5 Å². The molecular formula is C15H15NO2. The van der Waals surface area contributed by atoms with Crippen LogP contribution in [0.15, 0.2) is 42.5 Å². The first-order valence-electron chi connectivity index (χ1n) is 6.04. The number of hydrogen-bond donors (Lipinski definition) is 1. The second-order valence-corrected chi connectivity index (χ2v) is 4.19. The van der Waals surface area contributed by atoms with Gasteiger partial charge in [-0.15, -0.1) is 0 Å². The zero-order chi connectivity index (χ0) is 12.4. The van der Waals surface area contributed by atoms with E-state index >= 15 is 0 Å². The summed E-state index contributed by atoms with van der Waals surface area (Å²) in [4.78, 5) is 0. The summed E-state index contributed by atoms with van der Waals surface area (Å²) in [6.45, 7) is 1.25. The molecule has 0 fully saturated rings. The quantitative estimate of drug-likeness (QED) is 0.876. The largest absolute Gasteiger partial charge is 0.486 e. The summed E-state index contributed by atoms with van der Waals surface area (Å²) in [5.41, 5.74) is 3.42. The van der Waals surface area contributed by atoms with Crippen LogP contribution in [0.4, 0.5) is 5.69 Å². The Kier molecular flexibility index (Phi) is 2.81. The van der Waals surface area contributed by atoms with Crippen molar-refractivity contribution in [3.63, 3.8) is 0 Å². The lowest BCUT2D eigenvalue weighted by molar-refractivity contribution is 0.171. The van der Waals surface area contributed by atoms with Crippen molar-refractivity contribution in [3.05, 3.63) is 42.5 Å². The molecule has 3 rings (SSSR count). The standard InChI is InChI=1S/C15H15NO2/c1-16-13-5-2-11(3-6-13)12-4-7-14-15(10-12)18-9-8-17-14/h2-7,10,16H,8-9H2,1H3. The molecule has 1 N–H and O–H groups in total. The van der Waals surface area contributed by atoms with Gasteiger partial charge < -0.3 is 14.8 Å². The monoisotopic (exact) mass is 241 g/mol. The van der Waals surface area contributed by atoms with Crippen molar-refractivity contribution in [2.75, 3.05) is 25.6 Å². The van der Waals surface area contributed by atoms with E-state index in [2.05, 4.69) is 35.6 Å². The van der Waals surface area contributed by atoms with Crippen LogP contribution in [0.5, 0.6) is 11.5 Å². The molecule has 0 saturated carbocycles. The molecule has 0 unspecified atom stereocenters. The summed E-state index contributed by atoms with van der Waals surface area (Å²) >= 11 is 0. The summed E-state index contributed by atoms with van der Waals surface area (Å²) in [5.74, 6) is 1.66. The van der Waals surface area contributed by atoms with Crippen molar-refractivity contribution in [2.24, 2.45) is 0 Å². The van der Waals surface area contributed by atoms with E-state index in [1.54, 1.807) is 0 Å². The minimum absolute atomic E-state index is 0.620. The van der Waals surface area contributed by atoms with Crippen molar-refractivity contribution < 1.29 is 9.47 Å². The van der Waals surface area contributed by atoms with Crippen LogP contribution in [0.25, 0.3) is 11.1 Å². The van der Waals surface area contributed by atoms with Crippen LogP contribution in [0.2, 0.25) is 0 Å². The van der Waals surface area contributed by atoms with Crippen molar-refractivity contribution in [3.8, 4) is 22.6 Å². The van der Waals surface area contributed by atoms with Crippen LogP contribution in [0, 0.1) is 0 Å². The molecule has 92 valence electrons. The maximum absolute atomic E-state index is 5.59. The number of benzene rings is 2. The van der Waals surface area contributed by atoms with Crippen LogP contribution in [-0.4, -0.2) is 20.3 Å². The van der Waals surface area contributed by atoms with Gasteiger partial charge in [0, 0.05) is 12.7 Å². The van der Waals surface area contributed by atoms with Gasteiger partial charge in [-0.25, -0.2) is 0 Å². The van der Waals surface area contributed by atoms with Crippen LogP contribution in [0.3, 0.4) is 0 Å². The van der Waals surface area contributed by atoms with Crippen LogP contribution >= 0.6 is 0 Å². The Balaban J connectivity index is 1.95. The average Bonchev–Trinajstić information content (AvgIpc) is 2.47. The predicted molar refractivity (Wildman–Crippen MR) is 72.4 cm³/mol. The van der Waals surface area contributed by atoms with Gasteiger partial charge in [0.2, 0.25) is 0 Å². The smallest absolute Gasteiger partial charge is 0.161 e. The van der Waals surface area contributed by atoms with Gasteiger partial charge in [-0.2, -0.15) is 0 Å². The Morgan fingerprint density at radius 2 is 1.50 bits per heavy atom. The molecule has 2 aromatic rings. The molecule has 3 nitrogen and oxygen atoms in total. The summed E-state index contributed by atoms with van der Waals surface area (Å²) < 4.78 is 11.1. The van der Waals surface area contributed by atoms with Crippen molar-refractivity contribution in [2.45, 2.75) is 0 Å². The molecule has 0 amide bonds. The summed E-state index contributed by atoms with van der Waals surface area (Å²) in [5, 5.41) is 3.11. The number of rotatable bonds is 2. The van der Waals surface area contributed by atoms with Gasteiger partial charge in [0.1, 0.15) is 13.2 Å². The van der Waals surface area contributed by atoms with Crippen LogP contribution < -0.4 is 14.8 Å². The highest BCUT2D eigenvalue weighted by molar-refractivity contribution is 5.69. The summed E-state index contributed by atoms with van der Waals surface area (Å²) in [7, 11) is 1.92. The fourth-order valence-electron chi connectivity index (χ4n) is 2.05. The van der Waals surface area contributed by atoms with E-state index in [1.165, 1.54) is 5.56 Å². The number of fused-ring (bicyclic) bond motifs is 1. The number of hydrogen-bond acceptors (Lipinski definition) is 3. The van der Waals surface area contributed by atoms with E-state index in [9.17, 15) is 0 Å². The lowest BCUT2D eigenvalue weighted by atomic mass is 10.0. The van der Waals surface area contributed by atoms with Crippen molar-refractivity contribution in [1.29, 1.82) is 0 Å². The summed E-state index contributed by atoms with van der Waals surface area (Å²) in [6.07, 6.45) is 0. The highest BCUT2D eigenvalue weighted by Crippen LogP contribution is 2.34. The molecule has 0 saturated heterocycles. The minimum atomic E-state index is 0.620. The molecule has 1 aliphatic rings. The van der Waals surface area contributed by atoms with E-state index in [1.807, 2.05) is 19.2 Å². The molecule has 0 atom stereocenters. The highest BCUT2D eigenvalue weighted by atomic mass is 16.6. The summed E-state index contributed by atoms with van der Waals surface area (Å²) in [6, 6.07) is 14.4. The average molecular weight is 241 g/mol. The number of ether oxygens (including phenoxy) is 2. The number of anilines is 1. The van der Waals surface area contributed by atoms with Crippen molar-refractivity contribution >= 4 is 5.69 Å². The zero-order valence-corrected chi connectivity index (χ0v) is 10.3. The third-order valence-electron chi connectivity index (χ3n) is 3.05. The molecule has 0 radical (unpaired) electrons. The van der Waals surface area contributed by atoms with Crippen LogP contribution in [0.1, 0.15) is 0 Å². The Hall–Kier alpha value is -2.16. The Bertz CT molecular complexity index is 549. The molecule has 1 aliphatic heterocycles. The third-order valence-corrected chi connectivity index (χ3v) is 3.05. The normalized spacial score (nSPS) is 13.2. The topological polar surface area (TPSA) is 30.5 Å². The van der Waals surface area contributed by atoms with Gasteiger partial charge in [0.05, 0.1) is 0 Å². The second kappa shape index (κ2) is 4.61. The fraction of sp³-hybridized carbons (Fsp3) is 0.200. The minimum Gasteiger partial charge on any atom is -0.486 e. The molecule has 0 aromatic heterocycles. The van der Waals surface area contributed by atoms with E-state index in [4.69, 9.17) is 9.47 Å². The maximum Gasteiger partial charge on any atom is 0.161 e. The first-order chi connectivity index (χ1) is 8.86. The van der Waals surface area contributed by atoms with Gasteiger partial charge in [-0.3, -0.25) is 0 Å². The second-order valence-electron chi connectivity index (χ2n) is 4.19. The zero-order valence-electron chi connectivity index (χ0n) is 10.3. The van der Waals surface area contributed by atoms with E-state index in [0.29, 0.717) is 13.2 Å². The Morgan fingerprint density at radius 1 is 0.833 bits per heavy atom. The molecule has 3 heteroatoms. The molecule has 0 aliphatic carbocycles. The SMILES string of the molecule is CNc1ccc(-c2ccc3c(c2)OCCO3)cc1. The molecule has 2 aromatic carbocycles. The lowest BCUT2D eigenvalue weighted by Crippen LogP contribution is -2.15. The van der Waals surface area contributed by atoms with Gasteiger partial charge >= 0.3 is 0 Å². The van der Waals surface area contributed by atoms with E-state index < -0.39 is 0 Å². The Morgan fingerprint density at radius 3 is 2.22 bits per heavy atom. The predicted octanol–water partition coefficient (Wildman–Crippen LogP) is 3.17. The lowest BCUT2D eigenvalue weighted by Gasteiger charge is -2.19. The third kappa shape index (κ3) is 1.99. The van der Waals surface area contributed by atoms with Gasteiger partial charge in [-0.05, 0) is 35.4 Å². The van der Waals surface area contributed by atoms with Gasteiger partial charge in [-0.1, -0.05) is 18.2 Å². The maximum atomic E-state index is 5.59. The van der Waals surface area contributed by atoms with Crippen LogP contribution in [-0.2, 0) is 0 Å². The molecule has 0 spiro atoms. The Labute approximate surface area is 106 Å². The molecule has 0 bridgehead atoms. The first kappa shape index (κ1) is 11.0. The van der Waals surface area contributed by atoms with Gasteiger partial charge in [0.25, 0.3) is 0 Å².